The summed E-state index contributed by atoms with van der Waals surface area (Å²) in [6.45, 7) is 2.40. The highest BCUT2D eigenvalue weighted by Crippen LogP contribution is 2.39. The van der Waals surface area contributed by atoms with Gasteiger partial charge >= 0.3 is 0 Å². The minimum atomic E-state index is 0.232. The van der Waals surface area contributed by atoms with Gasteiger partial charge in [-0.2, -0.15) is 0 Å². The lowest BCUT2D eigenvalue weighted by Crippen LogP contribution is -2.31. The molecule has 0 unspecified atom stereocenters. The summed E-state index contributed by atoms with van der Waals surface area (Å²) in [7, 11) is 0. The minimum absolute atomic E-state index is 0.232. The molecule has 0 aromatic heterocycles. The molecule has 0 bridgehead atoms. The number of rotatable bonds is 4. The molecule has 1 heterocycles. The number of anilines is 1. The van der Waals surface area contributed by atoms with Gasteiger partial charge in [0, 0.05) is 24.8 Å². The molecule has 1 aromatic rings. The van der Waals surface area contributed by atoms with Crippen molar-refractivity contribution in [3.05, 3.63) is 29.8 Å². The van der Waals surface area contributed by atoms with Crippen LogP contribution in [0.5, 0.6) is 0 Å². The molecule has 1 saturated heterocycles. The molecule has 0 amide bonds. The van der Waals surface area contributed by atoms with Gasteiger partial charge in [0.25, 0.3) is 0 Å². The molecule has 3 rings (SSSR count). The van der Waals surface area contributed by atoms with E-state index in [1.54, 1.807) is 0 Å². The van der Waals surface area contributed by atoms with Crippen LogP contribution < -0.4 is 10.6 Å². The van der Waals surface area contributed by atoms with Gasteiger partial charge in [0.05, 0.1) is 0 Å². The molecule has 2 heteroatoms. The van der Waals surface area contributed by atoms with Crippen LogP contribution in [0.2, 0.25) is 0 Å². The molecule has 2 N–H and O–H groups in total. The number of nitrogens with two attached hydrogens (primary N) is 1. The number of para-hydroxylation sites is 1. The van der Waals surface area contributed by atoms with E-state index in [1.807, 2.05) is 0 Å². The van der Waals surface area contributed by atoms with Crippen LogP contribution in [0.25, 0.3) is 0 Å². The van der Waals surface area contributed by atoms with Crippen LogP contribution >= 0.6 is 0 Å². The summed E-state index contributed by atoms with van der Waals surface area (Å²) in [5.41, 5.74) is 9.18. The summed E-state index contributed by atoms with van der Waals surface area (Å²) in [6, 6.07) is 9.01. The molecule has 0 radical (unpaired) electrons. The Kier molecular flexibility index (Phi) is 3.55. The van der Waals surface area contributed by atoms with Crippen molar-refractivity contribution in [1.29, 1.82) is 0 Å². The van der Waals surface area contributed by atoms with E-state index >= 15 is 0 Å². The molecule has 0 spiro atoms. The van der Waals surface area contributed by atoms with Crippen LogP contribution in [0.1, 0.15) is 50.1 Å². The van der Waals surface area contributed by atoms with Crippen LogP contribution in [-0.4, -0.2) is 13.1 Å². The lowest BCUT2D eigenvalue weighted by atomic mass is 9.98. The molecule has 1 atom stereocenters. The summed E-state index contributed by atoms with van der Waals surface area (Å²) in [6.07, 6.45) is 7.98. The standard InChI is InChI=1S/C16H24N2/c17-15(12-13-8-9-13)14-6-2-3-7-16(14)18-10-4-1-5-11-18/h2-3,6-7,13,15H,1,4-5,8-12,17H2/t15-/m0/s1. The largest absolute Gasteiger partial charge is 0.371 e. The topological polar surface area (TPSA) is 29.3 Å². The lowest BCUT2D eigenvalue weighted by molar-refractivity contribution is 0.564. The summed E-state index contributed by atoms with van der Waals surface area (Å²) in [5.74, 6) is 0.898. The zero-order valence-electron chi connectivity index (χ0n) is 11.1. The Hall–Kier alpha value is -1.02. The van der Waals surface area contributed by atoms with Crippen molar-refractivity contribution in [3.8, 4) is 0 Å². The molecule has 98 valence electrons. The third kappa shape index (κ3) is 2.69. The van der Waals surface area contributed by atoms with Crippen molar-refractivity contribution in [3.63, 3.8) is 0 Å². The van der Waals surface area contributed by atoms with Gasteiger partial charge in [0.2, 0.25) is 0 Å². The maximum atomic E-state index is 6.42. The maximum absolute atomic E-state index is 6.42. The number of hydrogen-bond donors (Lipinski definition) is 1. The normalized spacial score (nSPS) is 21.9. The maximum Gasteiger partial charge on any atom is 0.0414 e. The molecular weight excluding hydrogens is 220 g/mol. The fourth-order valence-electron chi connectivity index (χ4n) is 3.06. The average Bonchev–Trinajstić information content (AvgIpc) is 3.24. The van der Waals surface area contributed by atoms with E-state index in [0.29, 0.717) is 0 Å². The molecule has 18 heavy (non-hydrogen) atoms. The zero-order chi connectivity index (χ0) is 12.4. The Morgan fingerprint density at radius 1 is 1.11 bits per heavy atom. The van der Waals surface area contributed by atoms with E-state index in [2.05, 4.69) is 29.2 Å². The smallest absolute Gasteiger partial charge is 0.0414 e. The van der Waals surface area contributed by atoms with Gasteiger partial charge in [-0.3, -0.25) is 0 Å². The van der Waals surface area contributed by atoms with E-state index in [-0.39, 0.29) is 6.04 Å². The predicted molar refractivity (Wildman–Crippen MR) is 76.8 cm³/mol. The molecule has 2 nitrogen and oxygen atoms in total. The van der Waals surface area contributed by atoms with Crippen LogP contribution in [0.4, 0.5) is 5.69 Å². The summed E-state index contributed by atoms with van der Waals surface area (Å²) in [5, 5.41) is 0. The van der Waals surface area contributed by atoms with Gasteiger partial charge in [-0.05, 0) is 43.2 Å². The van der Waals surface area contributed by atoms with E-state index in [1.165, 1.54) is 62.9 Å². The number of benzene rings is 1. The highest BCUT2D eigenvalue weighted by Gasteiger charge is 2.26. The fourth-order valence-corrected chi connectivity index (χ4v) is 3.06. The van der Waals surface area contributed by atoms with Crippen LogP contribution in [0.15, 0.2) is 24.3 Å². The van der Waals surface area contributed by atoms with Crippen molar-refractivity contribution in [2.45, 2.75) is 44.6 Å². The quantitative estimate of drug-likeness (QED) is 0.878. The van der Waals surface area contributed by atoms with Gasteiger partial charge in [0.1, 0.15) is 0 Å². The Morgan fingerprint density at radius 3 is 2.56 bits per heavy atom. The molecule has 2 fully saturated rings. The van der Waals surface area contributed by atoms with Crippen LogP contribution in [0.3, 0.4) is 0 Å². The van der Waals surface area contributed by atoms with Crippen molar-refractivity contribution in [2.24, 2.45) is 11.7 Å². The molecule has 1 aromatic carbocycles. The SMILES string of the molecule is N[C@@H](CC1CC1)c1ccccc1N1CCCCC1. The highest BCUT2D eigenvalue weighted by molar-refractivity contribution is 5.55. The lowest BCUT2D eigenvalue weighted by Gasteiger charge is -2.32. The van der Waals surface area contributed by atoms with Crippen LogP contribution in [-0.2, 0) is 0 Å². The third-order valence-electron chi connectivity index (χ3n) is 4.32. The summed E-state index contributed by atoms with van der Waals surface area (Å²) in [4.78, 5) is 2.53. The second kappa shape index (κ2) is 5.31. The minimum Gasteiger partial charge on any atom is -0.371 e. The number of piperidine rings is 1. The summed E-state index contributed by atoms with van der Waals surface area (Å²) >= 11 is 0. The van der Waals surface area contributed by atoms with E-state index in [4.69, 9.17) is 5.73 Å². The van der Waals surface area contributed by atoms with Gasteiger partial charge < -0.3 is 10.6 Å². The third-order valence-corrected chi connectivity index (χ3v) is 4.32. The molecule has 2 aliphatic rings. The average molecular weight is 244 g/mol. The van der Waals surface area contributed by atoms with Crippen molar-refractivity contribution >= 4 is 5.69 Å². The van der Waals surface area contributed by atoms with Crippen molar-refractivity contribution in [1.82, 2.24) is 0 Å². The first-order valence-corrected chi connectivity index (χ1v) is 7.44. The number of nitrogens with zero attached hydrogens (tertiary/aromatic N) is 1. The zero-order valence-corrected chi connectivity index (χ0v) is 11.1. The Balaban J connectivity index is 1.78. The van der Waals surface area contributed by atoms with Gasteiger partial charge in [-0.25, -0.2) is 0 Å². The molecule has 1 saturated carbocycles. The predicted octanol–water partition coefficient (Wildman–Crippen LogP) is 3.48. The van der Waals surface area contributed by atoms with Gasteiger partial charge in [-0.15, -0.1) is 0 Å². The van der Waals surface area contributed by atoms with Crippen LogP contribution in [0, 0.1) is 5.92 Å². The second-order valence-corrected chi connectivity index (χ2v) is 5.89. The first-order chi connectivity index (χ1) is 8.84. The Labute approximate surface area is 110 Å². The van der Waals surface area contributed by atoms with E-state index < -0.39 is 0 Å². The molecule has 1 aliphatic carbocycles. The van der Waals surface area contributed by atoms with Gasteiger partial charge in [-0.1, -0.05) is 31.0 Å². The Bertz CT molecular complexity index is 392. The van der Waals surface area contributed by atoms with E-state index in [0.717, 1.165) is 5.92 Å². The molecule has 1 aliphatic heterocycles. The second-order valence-electron chi connectivity index (χ2n) is 5.89. The monoisotopic (exact) mass is 244 g/mol. The first-order valence-electron chi connectivity index (χ1n) is 7.44. The number of hydrogen-bond acceptors (Lipinski definition) is 2. The summed E-state index contributed by atoms with van der Waals surface area (Å²) < 4.78 is 0. The first kappa shape index (κ1) is 12.0. The van der Waals surface area contributed by atoms with Gasteiger partial charge in [0.15, 0.2) is 0 Å². The van der Waals surface area contributed by atoms with Crippen molar-refractivity contribution < 1.29 is 0 Å². The Morgan fingerprint density at radius 2 is 1.83 bits per heavy atom. The fraction of sp³-hybridized carbons (Fsp3) is 0.625. The van der Waals surface area contributed by atoms with Crippen molar-refractivity contribution in [2.75, 3.05) is 18.0 Å². The van der Waals surface area contributed by atoms with E-state index in [9.17, 15) is 0 Å². The molecular formula is C16H24N2. The highest BCUT2D eigenvalue weighted by atomic mass is 15.1.